The van der Waals surface area contributed by atoms with E-state index in [2.05, 4.69) is 0 Å². The Kier molecular flexibility index (Phi) is 5.65. The van der Waals surface area contributed by atoms with Crippen LogP contribution in [0.3, 0.4) is 0 Å². The minimum absolute atomic E-state index is 0.116. The van der Waals surface area contributed by atoms with Gasteiger partial charge in [-0.2, -0.15) is 0 Å². The van der Waals surface area contributed by atoms with Crippen molar-refractivity contribution in [3.63, 3.8) is 0 Å². The summed E-state index contributed by atoms with van der Waals surface area (Å²) in [5, 5.41) is 9.82. The van der Waals surface area contributed by atoms with Crippen LogP contribution in [0.1, 0.15) is 36.7 Å². The molecule has 0 unspecified atom stereocenters. The van der Waals surface area contributed by atoms with Crippen LogP contribution in [0.15, 0.2) is 18.2 Å². The normalized spacial score (nSPS) is 11.5. The highest BCUT2D eigenvalue weighted by Gasteiger charge is 2.22. The Bertz CT molecular complexity index is 469. The molecule has 1 amide bonds. The minimum Gasteiger partial charge on any atom is -0.389 e. The largest absolute Gasteiger partial charge is 0.389 e. The molecule has 0 spiro atoms. The quantitative estimate of drug-likeness (QED) is 0.871. The summed E-state index contributed by atoms with van der Waals surface area (Å²) < 4.78 is 18.4. The number of hydrogen-bond acceptors (Lipinski definition) is 3. The van der Waals surface area contributed by atoms with E-state index in [1.807, 2.05) is 6.92 Å². The molecule has 0 saturated heterocycles. The topological polar surface area (TPSA) is 49.8 Å². The predicted octanol–water partition coefficient (Wildman–Crippen LogP) is 2.21. The molecule has 5 heteroatoms. The van der Waals surface area contributed by atoms with Crippen molar-refractivity contribution in [2.24, 2.45) is 0 Å². The van der Waals surface area contributed by atoms with Crippen molar-refractivity contribution in [3.8, 4) is 0 Å². The molecule has 20 heavy (non-hydrogen) atoms. The number of ether oxygens (including phenoxy) is 1. The lowest BCUT2D eigenvalue weighted by Gasteiger charge is -2.28. The molecule has 1 aromatic rings. The van der Waals surface area contributed by atoms with Crippen LogP contribution in [0.2, 0.25) is 0 Å². The lowest BCUT2D eigenvalue weighted by molar-refractivity contribution is 0.0314. The third kappa shape index (κ3) is 4.58. The summed E-state index contributed by atoms with van der Waals surface area (Å²) in [5.41, 5.74) is -0.233. The summed E-state index contributed by atoms with van der Waals surface area (Å²) in [4.78, 5) is 13.9. The van der Waals surface area contributed by atoms with Gasteiger partial charge in [0, 0.05) is 31.3 Å². The summed E-state index contributed by atoms with van der Waals surface area (Å²) in [6, 6.07) is 4.21. The smallest absolute Gasteiger partial charge is 0.253 e. The molecule has 112 valence electrons. The first-order valence-electron chi connectivity index (χ1n) is 6.57. The second-order valence-corrected chi connectivity index (χ2v) is 5.37. The van der Waals surface area contributed by atoms with E-state index >= 15 is 0 Å². The number of likely N-dealkylation sites (N-methyl/N-ethyl adjacent to an activating group) is 1. The first kappa shape index (κ1) is 16.6. The number of rotatable bonds is 6. The Hall–Kier alpha value is -1.46. The Morgan fingerprint density at radius 1 is 1.45 bits per heavy atom. The van der Waals surface area contributed by atoms with Gasteiger partial charge in [-0.05, 0) is 39.0 Å². The van der Waals surface area contributed by atoms with Gasteiger partial charge in [-0.15, -0.1) is 0 Å². The lowest BCUT2D eigenvalue weighted by atomic mass is 10.1. The van der Waals surface area contributed by atoms with Crippen molar-refractivity contribution in [2.75, 3.05) is 20.2 Å². The van der Waals surface area contributed by atoms with Crippen LogP contribution in [0, 0.1) is 5.82 Å². The van der Waals surface area contributed by atoms with Crippen molar-refractivity contribution in [1.29, 1.82) is 0 Å². The van der Waals surface area contributed by atoms with Crippen molar-refractivity contribution in [2.45, 2.75) is 33.0 Å². The molecule has 0 aromatic heterocycles. The summed E-state index contributed by atoms with van der Waals surface area (Å²) in [7, 11) is 1.47. The van der Waals surface area contributed by atoms with E-state index in [1.165, 1.54) is 30.2 Å². The first-order chi connectivity index (χ1) is 9.28. The number of nitrogens with zero attached hydrogens (tertiary/aromatic N) is 1. The zero-order valence-corrected chi connectivity index (χ0v) is 12.4. The number of carbonyl (C=O) groups is 1. The van der Waals surface area contributed by atoms with Gasteiger partial charge in [-0.25, -0.2) is 4.39 Å². The van der Waals surface area contributed by atoms with Gasteiger partial charge < -0.3 is 14.7 Å². The maximum absolute atomic E-state index is 13.5. The molecule has 0 fully saturated rings. The highest BCUT2D eigenvalue weighted by molar-refractivity contribution is 5.94. The number of benzene rings is 1. The second-order valence-electron chi connectivity index (χ2n) is 5.37. The Morgan fingerprint density at radius 2 is 2.10 bits per heavy atom. The number of amides is 1. The van der Waals surface area contributed by atoms with Crippen LogP contribution in [0.4, 0.5) is 4.39 Å². The van der Waals surface area contributed by atoms with Gasteiger partial charge in [0.05, 0.1) is 12.2 Å². The van der Waals surface area contributed by atoms with Gasteiger partial charge in [-0.3, -0.25) is 4.79 Å². The summed E-state index contributed by atoms with van der Waals surface area (Å²) in [6.07, 6.45) is 0. The maximum atomic E-state index is 13.5. The van der Waals surface area contributed by atoms with Gasteiger partial charge in [0.2, 0.25) is 0 Å². The van der Waals surface area contributed by atoms with Crippen LogP contribution < -0.4 is 0 Å². The van der Waals surface area contributed by atoms with Crippen LogP contribution in [0.5, 0.6) is 0 Å². The number of hydrogen-bond donors (Lipinski definition) is 1. The molecule has 0 aliphatic heterocycles. The number of methoxy groups -OCH3 is 1. The van der Waals surface area contributed by atoms with E-state index in [9.17, 15) is 14.3 Å². The fourth-order valence-corrected chi connectivity index (χ4v) is 1.95. The molecule has 0 bridgehead atoms. The Morgan fingerprint density at radius 3 is 2.60 bits per heavy atom. The molecule has 1 N–H and O–H groups in total. The fraction of sp³-hybridized carbons (Fsp3) is 0.533. The van der Waals surface area contributed by atoms with E-state index in [4.69, 9.17) is 4.74 Å². The molecule has 0 aliphatic carbocycles. The van der Waals surface area contributed by atoms with Gasteiger partial charge in [0.15, 0.2) is 0 Å². The van der Waals surface area contributed by atoms with Crippen LogP contribution in [-0.2, 0) is 11.3 Å². The molecule has 4 nitrogen and oxygen atoms in total. The van der Waals surface area contributed by atoms with Gasteiger partial charge in [-0.1, -0.05) is 0 Å². The van der Waals surface area contributed by atoms with E-state index in [0.29, 0.717) is 17.7 Å². The highest BCUT2D eigenvalue weighted by Crippen LogP contribution is 2.15. The third-order valence-corrected chi connectivity index (χ3v) is 2.84. The van der Waals surface area contributed by atoms with Crippen molar-refractivity contribution < 1.29 is 19.0 Å². The van der Waals surface area contributed by atoms with Gasteiger partial charge in [0.25, 0.3) is 5.91 Å². The molecule has 0 saturated carbocycles. The lowest BCUT2D eigenvalue weighted by Crippen LogP contribution is -2.42. The van der Waals surface area contributed by atoms with Crippen LogP contribution >= 0.6 is 0 Å². The molecular weight excluding hydrogens is 261 g/mol. The summed E-state index contributed by atoms with van der Waals surface area (Å²) >= 11 is 0. The monoisotopic (exact) mass is 283 g/mol. The number of carbonyl (C=O) groups excluding carboxylic acids is 1. The molecule has 0 radical (unpaired) electrons. The number of aliphatic hydroxyl groups is 1. The SMILES string of the molecule is CCN(CC(C)(C)O)C(=O)c1ccc(F)c(COC)c1. The Balaban J connectivity index is 2.98. The molecular formula is C15H22FNO3. The summed E-state index contributed by atoms with van der Waals surface area (Å²) in [5.74, 6) is -0.624. The van der Waals surface area contributed by atoms with E-state index in [-0.39, 0.29) is 19.1 Å². The predicted molar refractivity (Wildman–Crippen MR) is 75.0 cm³/mol. The highest BCUT2D eigenvalue weighted by atomic mass is 19.1. The standard InChI is InChI=1S/C15H22FNO3/c1-5-17(10-15(2,3)19)14(18)11-6-7-13(16)12(8-11)9-20-4/h6-8,19H,5,9-10H2,1-4H3. The van der Waals surface area contributed by atoms with Crippen LogP contribution in [-0.4, -0.2) is 41.7 Å². The molecule has 1 rings (SSSR count). The average Bonchev–Trinajstić information content (AvgIpc) is 2.37. The van der Waals surface area contributed by atoms with Gasteiger partial charge in [0.1, 0.15) is 5.82 Å². The summed E-state index contributed by atoms with van der Waals surface area (Å²) in [6.45, 7) is 5.93. The fourth-order valence-electron chi connectivity index (χ4n) is 1.95. The van der Waals surface area contributed by atoms with Crippen LogP contribution in [0.25, 0.3) is 0 Å². The molecule has 0 heterocycles. The van der Waals surface area contributed by atoms with Crippen molar-refractivity contribution in [1.82, 2.24) is 4.90 Å². The minimum atomic E-state index is -0.971. The Labute approximate surface area is 119 Å². The van der Waals surface area contributed by atoms with Gasteiger partial charge >= 0.3 is 0 Å². The second kappa shape index (κ2) is 6.81. The third-order valence-electron chi connectivity index (χ3n) is 2.84. The zero-order chi connectivity index (χ0) is 15.3. The average molecular weight is 283 g/mol. The molecule has 0 aliphatic rings. The molecule has 0 atom stereocenters. The van der Waals surface area contributed by atoms with Crippen molar-refractivity contribution >= 4 is 5.91 Å². The van der Waals surface area contributed by atoms with E-state index in [1.54, 1.807) is 13.8 Å². The molecule has 1 aromatic carbocycles. The number of halogens is 1. The first-order valence-corrected chi connectivity index (χ1v) is 6.57. The van der Waals surface area contributed by atoms with E-state index < -0.39 is 11.4 Å². The van der Waals surface area contributed by atoms with Crippen molar-refractivity contribution in [3.05, 3.63) is 35.1 Å². The maximum Gasteiger partial charge on any atom is 0.253 e. The van der Waals surface area contributed by atoms with E-state index in [0.717, 1.165) is 0 Å². The zero-order valence-electron chi connectivity index (χ0n) is 12.4.